The summed E-state index contributed by atoms with van der Waals surface area (Å²) in [6.07, 6.45) is 10.5. The monoisotopic (exact) mass is 365 g/mol. The maximum absolute atomic E-state index is 11.9. The molecule has 0 aromatic heterocycles. The summed E-state index contributed by atoms with van der Waals surface area (Å²) in [6, 6.07) is 0. The summed E-state index contributed by atoms with van der Waals surface area (Å²) in [5.74, 6) is -0.566. The first kappa shape index (κ1) is 27.2. The summed E-state index contributed by atoms with van der Waals surface area (Å²) in [4.78, 5) is 23.8. The van der Waals surface area contributed by atoms with Crippen LogP contribution in [-0.4, -0.2) is 53.7 Å². The van der Waals surface area contributed by atoms with Gasteiger partial charge in [0, 0.05) is 29.6 Å². The molecule has 1 radical (unpaired) electrons. The Labute approximate surface area is 177 Å². The molecule has 0 fully saturated rings. The summed E-state index contributed by atoms with van der Waals surface area (Å²) in [7, 11) is 0. The van der Waals surface area contributed by atoms with Gasteiger partial charge in [-0.2, -0.15) is 0 Å². The Balaban J connectivity index is 0. The van der Waals surface area contributed by atoms with Gasteiger partial charge in [0.1, 0.15) is 12.2 Å². The predicted molar refractivity (Wildman–Crippen MR) is 104 cm³/mol. The second-order valence-electron chi connectivity index (χ2n) is 6.53. The molecule has 0 aromatic carbocycles. The minimum atomic E-state index is -0.283. The van der Waals surface area contributed by atoms with Gasteiger partial charge in [-0.3, -0.25) is 9.59 Å². The SMILES string of the molecule is CCCCCC(CC)OC(=O)CCC(=O)OC(CC)CCCCC.[Na]. The van der Waals surface area contributed by atoms with E-state index in [1.54, 1.807) is 0 Å². The number of carbonyl (C=O) groups is 2. The second kappa shape index (κ2) is 18.7. The van der Waals surface area contributed by atoms with Gasteiger partial charge in [-0.25, -0.2) is 0 Å². The molecule has 0 rings (SSSR count). The summed E-state index contributed by atoms with van der Waals surface area (Å²) < 4.78 is 10.9. The summed E-state index contributed by atoms with van der Waals surface area (Å²) >= 11 is 0. The standard InChI is InChI=1S/C20H38O4.Na/c1-5-9-11-13-17(7-3)23-19(21)15-16-20(22)24-18(8-4)14-12-10-6-2;/h17-18H,5-16H2,1-4H3;. The van der Waals surface area contributed by atoms with E-state index in [2.05, 4.69) is 13.8 Å². The molecule has 0 aliphatic rings. The molecular formula is C20H38NaO4. The normalized spacial score (nSPS) is 12.8. The first-order valence-electron chi connectivity index (χ1n) is 9.96. The van der Waals surface area contributed by atoms with Gasteiger partial charge in [-0.05, 0) is 38.5 Å². The number of ether oxygens (including phenoxy) is 2. The quantitative estimate of drug-likeness (QED) is 0.228. The molecule has 0 aliphatic heterocycles. The van der Waals surface area contributed by atoms with Crippen LogP contribution in [0.4, 0.5) is 0 Å². The molecule has 0 N–H and O–H groups in total. The molecule has 0 spiro atoms. The molecule has 2 atom stereocenters. The molecular weight excluding hydrogens is 327 g/mol. The van der Waals surface area contributed by atoms with E-state index >= 15 is 0 Å². The molecule has 2 unspecified atom stereocenters. The van der Waals surface area contributed by atoms with Gasteiger partial charge in [-0.15, -0.1) is 0 Å². The van der Waals surface area contributed by atoms with Crippen LogP contribution in [0.1, 0.15) is 105 Å². The van der Waals surface area contributed by atoms with Crippen molar-refractivity contribution in [2.45, 2.75) is 117 Å². The summed E-state index contributed by atoms with van der Waals surface area (Å²) in [5.41, 5.74) is 0. The largest absolute Gasteiger partial charge is 0.462 e. The zero-order valence-corrected chi connectivity index (χ0v) is 19.3. The van der Waals surface area contributed by atoms with Gasteiger partial charge < -0.3 is 9.47 Å². The number of unbranched alkanes of at least 4 members (excludes halogenated alkanes) is 4. The number of hydrogen-bond donors (Lipinski definition) is 0. The topological polar surface area (TPSA) is 52.6 Å². The molecule has 5 heteroatoms. The molecule has 0 bridgehead atoms. The maximum atomic E-state index is 11.9. The molecule has 25 heavy (non-hydrogen) atoms. The van der Waals surface area contributed by atoms with Crippen LogP contribution in [0.5, 0.6) is 0 Å². The van der Waals surface area contributed by atoms with Crippen LogP contribution >= 0.6 is 0 Å². The minimum absolute atomic E-state index is 0. The first-order chi connectivity index (χ1) is 11.6. The van der Waals surface area contributed by atoms with E-state index in [-0.39, 0.29) is 66.5 Å². The third kappa shape index (κ3) is 15.9. The van der Waals surface area contributed by atoms with Crippen molar-refractivity contribution >= 4 is 41.5 Å². The van der Waals surface area contributed by atoms with E-state index in [0.29, 0.717) is 0 Å². The Kier molecular flexibility index (Phi) is 20.3. The fourth-order valence-electron chi connectivity index (χ4n) is 2.63. The Hall–Kier alpha value is -0.0600. The van der Waals surface area contributed by atoms with Crippen molar-refractivity contribution in [3.05, 3.63) is 0 Å². The summed E-state index contributed by atoms with van der Waals surface area (Å²) in [5, 5.41) is 0. The smallest absolute Gasteiger partial charge is 0.306 e. The van der Waals surface area contributed by atoms with Gasteiger partial charge in [0.05, 0.1) is 12.8 Å². The van der Waals surface area contributed by atoms with Crippen LogP contribution in [-0.2, 0) is 19.1 Å². The van der Waals surface area contributed by atoms with E-state index in [1.807, 2.05) is 13.8 Å². The molecule has 0 saturated heterocycles. The van der Waals surface area contributed by atoms with Crippen molar-refractivity contribution in [1.29, 1.82) is 0 Å². The molecule has 4 nitrogen and oxygen atoms in total. The minimum Gasteiger partial charge on any atom is -0.462 e. The van der Waals surface area contributed by atoms with Crippen molar-refractivity contribution in [3.8, 4) is 0 Å². The van der Waals surface area contributed by atoms with E-state index in [1.165, 1.54) is 0 Å². The van der Waals surface area contributed by atoms with Crippen LogP contribution in [0.25, 0.3) is 0 Å². The Bertz CT molecular complexity index is 302. The molecule has 0 heterocycles. The Morgan fingerprint density at radius 2 is 1.04 bits per heavy atom. The van der Waals surface area contributed by atoms with Crippen LogP contribution in [0.3, 0.4) is 0 Å². The fraction of sp³-hybridized carbons (Fsp3) is 0.900. The van der Waals surface area contributed by atoms with E-state index in [9.17, 15) is 9.59 Å². The van der Waals surface area contributed by atoms with Gasteiger partial charge in [0.2, 0.25) is 0 Å². The average Bonchev–Trinajstić information content (AvgIpc) is 2.58. The van der Waals surface area contributed by atoms with Gasteiger partial charge in [-0.1, -0.05) is 53.4 Å². The Morgan fingerprint density at radius 1 is 0.680 bits per heavy atom. The van der Waals surface area contributed by atoms with E-state index in [0.717, 1.165) is 64.2 Å². The number of rotatable bonds is 15. The van der Waals surface area contributed by atoms with Gasteiger partial charge >= 0.3 is 11.9 Å². The van der Waals surface area contributed by atoms with Crippen molar-refractivity contribution in [2.75, 3.05) is 0 Å². The van der Waals surface area contributed by atoms with Crippen molar-refractivity contribution in [3.63, 3.8) is 0 Å². The molecule has 0 saturated carbocycles. The zero-order chi connectivity index (χ0) is 18.2. The number of hydrogen-bond acceptors (Lipinski definition) is 4. The van der Waals surface area contributed by atoms with Crippen molar-refractivity contribution in [2.24, 2.45) is 0 Å². The average molecular weight is 366 g/mol. The fourth-order valence-corrected chi connectivity index (χ4v) is 2.63. The second-order valence-corrected chi connectivity index (χ2v) is 6.53. The molecule has 0 aromatic rings. The number of carbonyl (C=O) groups excluding carboxylic acids is 2. The molecule has 0 amide bonds. The van der Waals surface area contributed by atoms with E-state index < -0.39 is 0 Å². The van der Waals surface area contributed by atoms with Crippen molar-refractivity contribution < 1.29 is 19.1 Å². The molecule has 143 valence electrons. The van der Waals surface area contributed by atoms with E-state index in [4.69, 9.17) is 9.47 Å². The predicted octanol–water partition coefficient (Wildman–Crippen LogP) is 5.19. The van der Waals surface area contributed by atoms with Crippen molar-refractivity contribution in [1.82, 2.24) is 0 Å². The van der Waals surface area contributed by atoms with Crippen LogP contribution in [0, 0.1) is 0 Å². The molecule has 0 aliphatic carbocycles. The first-order valence-corrected chi connectivity index (χ1v) is 9.96. The summed E-state index contributed by atoms with van der Waals surface area (Å²) in [6.45, 7) is 8.37. The van der Waals surface area contributed by atoms with Crippen LogP contribution < -0.4 is 0 Å². The van der Waals surface area contributed by atoms with Gasteiger partial charge in [0.25, 0.3) is 0 Å². The van der Waals surface area contributed by atoms with Crippen LogP contribution in [0.15, 0.2) is 0 Å². The Morgan fingerprint density at radius 3 is 1.32 bits per heavy atom. The van der Waals surface area contributed by atoms with Crippen LogP contribution in [0.2, 0.25) is 0 Å². The maximum Gasteiger partial charge on any atom is 0.306 e. The number of esters is 2. The zero-order valence-electron chi connectivity index (χ0n) is 17.3. The third-order valence-corrected chi connectivity index (χ3v) is 4.30. The van der Waals surface area contributed by atoms with Gasteiger partial charge in [0.15, 0.2) is 0 Å². The third-order valence-electron chi connectivity index (χ3n) is 4.30.